The topological polar surface area (TPSA) is 134 Å². The first-order chi connectivity index (χ1) is 6.09. The maximum absolute atomic E-state index is 10.5. The summed E-state index contributed by atoms with van der Waals surface area (Å²) in [5, 5.41) is 16.2. The van der Waals surface area contributed by atoms with E-state index in [0.717, 1.165) is 0 Å². The number of hydrogen-bond donors (Lipinski definition) is 4. The fourth-order valence-corrected chi connectivity index (χ4v) is 0.629. The third-order valence-electron chi connectivity index (χ3n) is 1.16. The number of nitrogens with two attached hydrogens (primary N) is 1. The van der Waals surface area contributed by atoms with E-state index < -0.39 is 11.9 Å². The molecule has 1 aromatic rings. The van der Waals surface area contributed by atoms with E-state index in [1.807, 2.05) is 0 Å². The molecule has 8 heteroatoms. The number of aromatic nitrogens is 3. The number of aromatic amines is 1. The standard InChI is InChI=1S/C5H7N5O3/c6-5-8-2(9-10-5)1-7-3(11)4(12)13/h1H2,(H,7,11)(H,12,13)(H3,6,8,9,10). The molecule has 0 aliphatic heterocycles. The van der Waals surface area contributed by atoms with Gasteiger partial charge in [0.1, 0.15) is 5.82 Å². The minimum Gasteiger partial charge on any atom is -0.474 e. The van der Waals surface area contributed by atoms with Gasteiger partial charge in [-0.1, -0.05) is 0 Å². The van der Waals surface area contributed by atoms with Crippen molar-refractivity contribution >= 4 is 17.8 Å². The van der Waals surface area contributed by atoms with Gasteiger partial charge in [-0.2, -0.15) is 4.98 Å². The number of carbonyl (C=O) groups excluding carboxylic acids is 1. The molecule has 0 bridgehead atoms. The SMILES string of the molecule is Nc1n[nH]c(CNC(=O)C(=O)O)n1. The number of rotatable bonds is 2. The minimum atomic E-state index is -1.55. The van der Waals surface area contributed by atoms with Crippen LogP contribution in [0.3, 0.4) is 0 Å². The Bertz CT molecular complexity index is 333. The summed E-state index contributed by atoms with van der Waals surface area (Å²) in [7, 11) is 0. The van der Waals surface area contributed by atoms with E-state index in [-0.39, 0.29) is 12.5 Å². The number of anilines is 1. The molecule has 70 valence electrons. The van der Waals surface area contributed by atoms with Crippen molar-refractivity contribution in [1.82, 2.24) is 20.5 Å². The Hall–Kier alpha value is -2.12. The average Bonchev–Trinajstić information content (AvgIpc) is 2.47. The molecule has 0 saturated heterocycles. The number of nitrogens with one attached hydrogen (secondary N) is 2. The van der Waals surface area contributed by atoms with Crippen LogP contribution in [0.1, 0.15) is 5.82 Å². The smallest absolute Gasteiger partial charge is 0.394 e. The molecule has 13 heavy (non-hydrogen) atoms. The van der Waals surface area contributed by atoms with Gasteiger partial charge in [-0.05, 0) is 0 Å². The van der Waals surface area contributed by atoms with Crippen LogP contribution in [-0.2, 0) is 16.1 Å². The number of hydrogen-bond acceptors (Lipinski definition) is 5. The Kier molecular flexibility index (Phi) is 2.43. The molecule has 5 N–H and O–H groups in total. The maximum Gasteiger partial charge on any atom is 0.394 e. The van der Waals surface area contributed by atoms with Crippen LogP contribution in [0.5, 0.6) is 0 Å². The summed E-state index contributed by atoms with van der Waals surface area (Å²) in [4.78, 5) is 24.2. The zero-order chi connectivity index (χ0) is 9.84. The molecule has 0 aliphatic rings. The highest BCUT2D eigenvalue weighted by Crippen LogP contribution is 1.91. The normalized spacial score (nSPS) is 9.54. The predicted molar refractivity (Wildman–Crippen MR) is 40.3 cm³/mol. The molecule has 0 aliphatic carbocycles. The zero-order valence-corrected chi connectivity index (χ0v) is 6.44. The van der Waals surface area contributed by atoms with Crippen LogP contribution < -0.4 is 11.1 Å². The first-order valence-electron chi connectivity index (χ1n) is 3.27. The third kappa shape index (κ3) is 2.43. The van der Waals surface area contributed by atoms with Gasteiger partial charge in [0, 0.05) is 0 Å². The lowest BCUT2D eigenvalue weighted by Crippen LogP contribution is -2.30. The molecule has 0 atom stereocenters. The fourth-order valence-electron chi connectivity index (χ4n) is 0.629. The Morgan fingerprint density at radius 3 is 2.77 bits per heavy atom. The molecular weight excluding hydrogens is 178 g/mol. The van der Waals surface area contributed by atoms with Gasteiger partial charge in [0.15, 0.2) is 0 Å². The van der Waals surface area contributed by atoms with Crippen LogP contribution in [0, 0.1) is 0 Å². The summed E-state index contributed by atoms with van der Waals surface area (Å²) < 4.78 is 0. The molecule has 1 rings (SSSR count). The van der Waals surface area contributed by atoms with E-state index in [2.05, 4.69) is 20.5 Å². The van der Waals surface area contributed by atoms with Crippen molar-refractivity contribution in [3.8, 4) is 0 Å². The highest BCUT2D eigenvalue weighted by Gasteiger charge is 2.10. The van der Waals surface area contributed by atoms with Gasteiger partial charge in [-0.3, -0.25) is 9.89 Å². The quantitative estimate of drug-likeness (QED) is 0.397. The van der Waals surface area contributed by atoms with Crippen LogP contribution in [0.2, 0.25) is 0 Å². The highest BCUT2D eigenvalue weighted by molar-refractivity contribution is 6.31. The van der Waals surface area contributed by atoms with Gasteiger partial charge >= 0.3 is 11.9 Å². The van der Waals surface area contributed by atoms with Crippen LogP contribution in [0.4, 0.5) is 5.95 Å². The predicted octanol–water partition coefficient (Wildman–Crippen LogP) is -1.91. The maximum atomic E-state index is 10.5. The molecule has 0 aromatic carbocycles. The van der Waals surface area contributed by atoms with Gasteiger partial charge < -0.3 is 16.2 Å². The molecule has 0 spiro atoms. The van der Waals surface area contributed by atoms with Gasteiger partial charge in [0.2, 0.25) is 5.95 Å². The minimum absolute atomic E-state index is 0.0413. The average molecular weight is 185 g/mol. The van der Waals surface area contributed by atoms with E-state index in [9.17, 15) is 9.59 Å². The molecule has 0 unspecified atom stereocenters. The number of H-pyrrole nitrogens is 1. The van der Waals surface area contributed by atoms with Crippen molar-refractivity contribution < 1.29 is 14.7 Å². The molecular formula is C5H7N5O3. The number of amides is 1. The number of carboxylic acid groups (broad SMARTS) is 1. The summed E-state index contributed by atoms with van der Waals surface area (Å²) in [5.74, 6) is -2.31. The van der Waals surface area contributed by atoms with Gasteiger partial charge in [0.05, 0.1) is 6.54 Å². The summed E-state index contributed by atoms with van der Waals surface area (Å²) >= 11 is 0. The molecule has 1 amide bonds. The third-order valence-corrected chi connectivity index (χ3v) is 1.16. The molecule has 1 heterocycles. The van der Waals surface area contributed by atoms with Crippen molar-refractivity contribution in [2.24, 2.45) is 0 Å². The van der Waals surface area contributed by atoms with E-state index in [1.54, 1.807) is 0 Å². The van der Waals surface area contributed by atoms with Crippen LogP contribution in [0.25, 0.3) is 0 Å². The molecule has 0 radical (unpaired) electrons. The summed E-state index contributed by atoms with van der Waals surface area (Å²) in [6.07, 6.45) is 0. The molecule has 0 fully saturated rings. The second kappa shape index (κ2) is 3.52. The van der Waals surface area contributed by atoms with Crippen molar-refractivity contribution in [3.63, 3.8) is 0 Å². The number of nitrogens with zero attached hydrogens (tertiary/aromatic N) is 2. The fraction of sp³-hybridized carbons (Fsp3) is 0.200. The Morgan fingerprint density at radius 1 is 1.62 bits per heavy atom. The number of nitrogen functional groups attached to an aromatic ring is 1. The number of carbonyl (C=O) groups is 2. The number of aliphatic carboxylic acids is 1. The van der Waals surface area contributed by atoms with Gasteiger partial charge in [0.25, 0.3) is 0 Å². The van der Waals surface area contributed by atoms with Gasteiger partial charge in [-0.15, -0.1) is 5.10 Å². The summed E-state index contributed by atoms with van der Waals surface area (Å²) in [6, 6.07) is 0. The lowest BCUT2D eigenvalue weighted by atomic mass is 10.5. The molecule has 0 saturated carbocycles. The van der Waals surface area contributed by atoms with Crippen LogP contribution in [-0.4, -0.2) is 32.2 Å². The van der Waals surface area contributed by atoms with E-state index in [0.29, 0.717) is 5.82 Å². The lowest BCUT2D eigenvalue weighted by Gasteiger charge is -1.96. The van der Waals surface area contributed by atoms with E-state index in [4.69, 9.17) is 10.8 Å². The highest BCUT2D eigenvalue weighted by atomic mass is 16.4. The van der Waals surface area contributed by atoms with Crippen molar-refractivity contribution in [3.05, 3.63) is 5.82 Å². The first kappa shape index (κ1) is 8.97. The Balaban J connectivity index is 2.44. The van der Waals surface area contributed by atoms with Crippen LogP contribution in [0.15, 0.2) is 0 Å². The van der Waals surface area contributed by atoms with Crippen molar-refractivity contribution in [2.45, 2.75) is 6.54 Å². The zero-order valence-electron chi connectivity index (χ0n) is 6.44. The van der Waals surface area contributed by atoms with E-state index >= 15 is 0 Å². The Labute approximate surface area is 72.2 Å². The second-order valence-corrected chi connectivity index (χ2v) is 2.13. The first-order valence-corrected chi connectivity index (χ1v) is 3.27. The lowest BCUT2D eigenvalue weighted by molar-refractivity contribution is -0.150. The van der Waals surface area contributed by atoms with Crippen molar-refractivity contribution in [1.29, 1.82) is 0 Å². The summed E-state index contributed by atoms with van der Waals surface area (Å²) in [5.41, 5.74) is 5.16. The van der Waals surface area contributed by atoms with E-state index in [1.165, 1.54) is 0 Å². The molecule has 1 aromatic heterocycles. The Morgan fingerprint density at radius 2 is 2.31 bits per heavy atom. The van der Waals surface area contributed by atoms with Crippen LogP contribution >= 0.6 is 0 Å². The monoisotopic (exact) mass is 185 g/mol. The van der Waals surface area contributed by atoms with Gasteiger partial charge in [-0.25, -0.2) is 4.79 Å². The molecule has 8 nitrogen and oxygen atoms in total. The second-order valence-electron chi connectivity index (χ2n) is 2.13. The largest absolute Gasteiger partial charge is 0.474 e. The number of carboxylic acids is 1. The van der Waals surface area contributed by atoms with Crippen molar-refractivity contribution in [2.75, 3.05) is 5.73 Å². The summed E-state index contributed by atoms with van der Waals surface area (Å²) in [6.45, 7) is -0.0463.